The number of carbonyl (C=O) groups excluding carboxylic acids is 1. The summed E-state index contributed by atoms with van der Waals surface area (Å²) < 4.78 is 42.5. The van der Waals surface area contributed by atoms with E-state index in [1.54, 1.807) is 4.90 Å². The molecule has 6 nitrogen and oxygen atoms in total. The average molecular weight is 460 g/mol. The summed E-state index contributed by atoms with van der Waals surface area (Å²) in [6.45, 7) is 0.939. The van der Waals surface area contributed by atoms with Crippen molar-refractivity contribution in [1.82, 2.24) is 24.5 Å². The highest BCUT2D eigenvalue weighted by Gasteiger charge is 2.37. The monoisotopic (exact) mass is 459 g/mol. The van der Waals surface area contributed by atoms with E-state index in [0.29, 0.717) is 18.7 Å². The third-order valence-electron chi connectivity index (χ3n) is 5.75. The van der Waals surface area contributed by atoms with Crippen molar-refractivity contribution in [3.63, 3.8) is 0 Å². The van der Waals surface area contributed by atoms with Crippen LogP contribution in [-0.2, 0) is 6.18 Å². The summed E-state index contributed by atoms with van der Waals surface area (Å²) in [5.74, 6) is -0.315. The molecule has 1 fully saturated rings. The fourth-order valence-electron chi connectivity index (χ4n) is 4.12. The maximum atomic E-state index is 13.8. The molecule has 1 saturated heterocycles. The van der Waals surface area contributed by atoms with Gasteiger partial charge in [0.25, 0.3) is 5.91 Å². The van der Waals surface area contributed by atoms with Gasteiger partial charge in [0.15, 0.2) is 11.3 Å². The Balaban J connectivity index is 1.54. The molecular formula is C22H17ClF3N5O. The van der Waals surface area contributed by atoms with Crippen LogP contribution in [0.5, 0.6) is 0 Å². The first-order chi connectivity index (χ1) is 15.3. The number of hydrogen-bond acceptors (Lipinski definition) is 3. The number of fused-ring (bicyclic) bond motifs is 1. The topological polar surface area (TPSA) is 66.3 Å². The number of amides is 1. The molecule has 1 N–H and O–H groups in total. The van der Waals surface area contributed by atoms with Crippen LogP contribution in [-0.4, -0.2) is 43.5 Å². The summed E-state index contributed by atoms with van der Waals surface area (Å²) in [5.41, 5.74) is 0.267. The van der Waals surface area contributed by atoms with Gasteiger partial charge in [-0.05, 0) is 18.1 Å². The first-order valence-electron chi connectivity index (χ1n) is 9.95. The molecule has 1 aliphatic rings. The lowest BCUT2D eigenvalue weighted by Gasteiger charge is -2.15. The van der Waals surface area contributed by atoms with Crippen molar-refractivity contribution in [2.24, 2.45) is 0 Å². The van der Waals surface area contributed by atoms with Crippen LogP contribution in [0.15, 0.2) is 55.0 Å². The van der Waals surface area contributed by atoms with Crippen molar-refractivity contribution in [3.05, 3.63) is 77.0 Å². The molecule has 1 unspecified atom stereocenters. The quantitative estimate of drug-likeness (QED) is 0.467. The van der Waals surface area contributed by atoms with Gasteiger partial charge in [0.1, 0.15) is 5.15 Å². The first-order valence-corrected chi connectivity index (χ1v) is 10.3. The van der Waals surface area contributed by atoms with E-state index in [1.165, 1.54) is 18.6 Å². The summed E-state index contributed by atoms with van der Waals surface area (Å²) >= 11 is 6.40. The fourth-order valence-corrected chi connectivity index (χ4v) is 4.37. The molecule has 1 aliphatic heterocycles. The second-order valence-electron chi connectivity index (χ2n) is 7.72. The Labute approximate surface area is 185 Å². The summed E-state index contributed by atoms with van der Waals surface area (Å²) in [4.78, 5) is 18.8. The van der Waals surface area contributed by atoms with Gasteiger partial charge in [0.2, 0.25) is 0 Å². The maximum absolute atomic E-state index is 13.8. The Bertz CT molecular complexity index is 1280. The van der Waals surface area contributed by atoms with E-state index in [4.69, 9.17) is 11.6 Å². The van der Waals surface area contributed by atoms with E-state index in [0.717, 1.165) is 22.5 Å². The highest BCUT2D eigenvalue weighted by Crippen LogP contribution is 2.37. The molecule has 0 radical (unpaired) electrons. The predicted molar refractivity (Wildman–Crippen MR) is 112 cm³/mol. The highest BCUT2D eigenvalue weighted by atomic mass is 35.5. The molecule has 0 bridgehead atoms. The number of halogens is 4. The number of aromatic amines is 1. The standard InChI is InChI=1S/C22H17ClF3N5O/c23-19-18(21(32)30-7-6-14(11-30)13-4-2-1-3-5-13)29-20-17(22(24,25)26)8-15(12-31(19)20)16-9-27-28-10-16/h1-5,8-10,12,14H,6-7,11H2,(H,27,28). The molecule has 1 atom stereocenters. The Morgan fingerprint density at radius 1 is 1.19 bits per heavy atom. The van der Waals surface area contributed by atoms with Crippen LogP contribution in [0.25, 0.3) is 16.8 Å². The van der Waals surface area contributed by atoms with Gasteiger partial charge in [-0.25, -0.2) is 4.98 Å². The third-order valence-corrected chi connectivity index (χ3v) is 6.11. The van der Waals surface area contributed by atoms with Crippen molar-refractivity contribution in [2.75, 3.05) is 13.1 Å². The first kappa shape index (κ1) is 20.6. The number of carbonyl (C=O) groups is 1. The van der Waals surface area contributed by atoms with Gasteiger partial charge in [-0.1, -0.05) is 41.9 Å². The zero-order valence-electron chi connectivity index (χ0n) is 16.6. The van der Waals surface area contributed by atoms with Gasteiger partial charge in [-0.15, -0.1) is 0 Å². The number of benzene rings is 1. The smallest absolute Gasteiger partial charge is 0.337 e. The number of aromatic nitrogens is 4. The van der Waals surface area contributed by atoms with Gasteiger partial charge in [-0.2, -0.15) is 18.3 Å². The lowest BCUT2D eigenvalue weighted by atomic mass is 9.99. The molecule has 0 spiro atoms. The molecular weight excluding hydrogens is 443 g/mol. The molecule has 5 rings (SSSR count). The Morgan fingerprint density at radius 2 is 1.97 bits per heavy atom. The molecule has 164 valence electrons. The summed E-state index contributed by atoms with van der Waals surface area (Å²) in [7, 11) is 0. The molecule has 3 aromatic heterocycles. The van der Waals surface area contributed by atoms with Gasteiger partial charge < -0.3 is 4.90 Å². The van der Waals surface area contributed by atoms with Gasteiger partial charge in [0.05, 0.1) is 11.8 Å². The minimum absolute atomic E-state index is 0.149. The van der Waals surface area contributed by atoms with Crippen LogP contribution in [0, 0.1) is 0 Å². The number of H-pyrrole nitrogens is 1. The molecule has 4 heterocycles. The van der Waals surface area contributed by atoms with Crippen molar-refractivity contribution >= 4 is 23.2 Å². The third kappa shape index (κ3) is 3.52. The number of rotatable bonds is 3. The molecule has 10 heteroatoms. The minimum atomic E-state index is -4.68. The van der Waals surface area contributed by atoms with E-state index in [1.807, 2.05) is 30.3 Å². The molecule has 0 aliphatic carbocycles. The Kier molecular flexibility index (Phi) is 4.93. The van der Waals surface area contributed by atoms with E-state index < -0.39 is 23.3 Å². The van der Waals surface area contributed by atoms with Gasteiger partial charge in [-0.3, -0.25) is 14.3 Å². The van der Waals surface area contributed by atoms with E-state index in [-0.39, 0.29) is 22.3 Å². The Hall–Kier alpha value is -3.33. The second kappa shape index (κ2) is 7.67. The number of hydrogen-bond donors (Lipinski definition) is 1. The van der Waals surface area contributed by atoms with Crippen molar-refractivity contribution < 1.29 is 18.0 Å². The van der Waals surface area contributed by atoms with Crippen LogP contribution >= 0.6 is 11.6 Å². The zero-order chi connectivity index (χ0) is 22.5. The molecule has 32 heavy (non-hydrogen) atoms. The van der Waals surface area contributed by atoms with Crippen molar-refractivity contribution in [2.45, 2.75) is 18.5 Å². The number of imidazole rings is 1. The minimum Gasteiger partial charge on any atom is -0.337 e. The molecule has 1 aromatic carbocycles. The molecule has 1 amide bonds. The fraction of sp³-hybridized carbons (Fsp3) is 0.227. The largest absolute Gasteiger partial charge is 0.420 e. The van der Waals surface area contributed by atoms with Crippen LogP contribution in [0.4, 0.5) is 13.2 Å². The van der Waals surface area contributed by atoms with Gasteiger partial charge >= 0.3 is 6.18 Å². The second-order valence-corrected chi connectivity index (χ2v) is 8.08. The average Bonchev–Trinajstić information content (AvgIpc) is 3.53. The van der Waals surface area contributed by atoms with Gasteiger partial charge in [0, 0.05) is 42.5 Å². The van der Waals surface area contributed by atoms with Crippen LogP contribution in [0.3, 0.4) is 0 Å². The van der Waals surface area contributed by atoms with Crippen LogP contribution in [0.2, 0.25) is 5.15 Å². The number of likely N-dealkylation sites (tertiary alicyclic amines) is 1. The van der Waals surface area contributed by atoms with Crippen molar-refractivity contribution in [1.29, 1.82) is 0 Å². The molecule has 4 aromatic rings. The zero-order valence-corrected chi connectivity index (χ0v) is 17.4. The number of alkyl halides is 3. The van der Waals surface area contributed by atoms with E-state index in [2.05, 4.69) is 15.2 Å². The van der Waals surface area contributed by atoms with E-state index in [9.17, 15) is 18.0 Å². The van der Waals surface area contributed by atoms with E-state index >= 15 is 0 Å². The van der Waals surface area contributed by atoms with Crippen molar-refractivity contribution in [3.8, 4) is 11.1 Å². The predicted octanol–water partition coefficient (Wildman–Crippen LogP) is 5.03. The molecule has 0 saturated carbocycles. The van der Waals surface area contributed by atoms with Crippen LogP contribution < -0.4 is 0 Å². The SMILES string of the molecule is O=C(c1nc2c(C(F)(F)F)cc(-c3cn[nH]c3)cn2c1Cl)N1CCC(c2ccccc2)C1. The lowest BCUT2D eigenvalue weighted by Crippen LogP contribution is -2.29. The summed E-state index contributed by atoms with van der Waals surface area (Å²) in [5, 5.41) is 6.21. The highest BCUT2D eigenvalue weighted by molar-refractivity contribution is 6.33. The maximum Gasteiger partial charge on any atom is 0.420 e. The summed E-state index contributed by atoms with van der Waals surface area (Å²) in [6.07, 6.45) is 0.401. The lowest BCUT2D eigenvalue weighted by molar-refractivity contribution is -0.136. The number of nitrogens with one attached hydrogen (secondary N) is 1. The Morgan fingerprint density at radius 3 is 2.66 bits per heavy atom. The normalized spacial score (nSPS) is 16.8. The number of pyridine rings is 1. The summed E-state index contributed by atoms with van der Waals surface area (Å²) in [6, 6.07) is 10.8. The number of nitrogens with zero attached hydrogens (tertiary/aromatic N) is 4. The van der Waals surface area contributed by atoms with Crippen LogP contribution in [0.1, 0.15) is 34.0 Å².